The second kappa shape index (κ2) is 6.97. The SMILES string of the molecule is Cc1cc(C)cc(C(C)NC(=O)c2ccc(N3CCNC3=O)cc2)c1. The average molecular weight is 337 g/mol. The lowest BCUT2D eigenvalue weighted by Gasteiger charge is -2.17. The number of urea groups is 1. The van der Waals surface area contributed by atoms with Crippen molar-refractivity contribution in [1.82, 2.24) is 10.6 Å². The first-order valence-electron chi connectivity index (χ1n) is 8.48. The van der Waals surface area contributed by atoms with E-state index in [-0.39, 0.29) is 18.0 Å². The zero-order valence-corrected chi connectivity index (χ0v) is 14.8. The minimum absolute atomic E-state index is 0.0739. The van der Waals surface area contributed by atoms with Gasteiger partial charge in [0.2, 0.25) is 0 Å². The molecule has 1 atom stereocenters. The van der Waals surface area contributed by atoms with E-state index in [2.05, 4.69) is 42.7 Å². The van der Waals surface area contributed by atoms with E-state index in [1.807, 2.05) is 6.92 Å². The van der Waals surface area contributed by atoms with E-state index in [1.54, 1.807) is 29.2 Å². The lowest BCUT2D eigenvalue weighted by atomic mass is 10.0. The molecule has 25 heavy (non-hydrogen) atoms. The van der Waals surface area contributed by atoms with Gasteiger partial charge in [-0.1, -0.05) is 29.3 Å². The monoisotopic (exact) mass is 337 g/mol. The molecule has 0 radical (unpaired) electrons. The largest absolute Gasteiger partial charge is 0.346 e. The normalized spacial score (nSPS) is 15.0. The molecule has 5 nitrogen and oxygen atoms in total. The van der Waals surface area contributed by atoms with Crippen LogP contribution in [0.5, 0.6) is 0 Å². The van der Waals surface area contributed by atoms with Gasteiger partial charge in [0.25, 0.3) is 5.91 Å². The molecule has 1 unspecified atom stereocenters. The van der Waals surface area contributed by atoms with Crippen LogP contribution < -0.4 is 15.5 Å². The van der Waals surface area contributed by atoms with Gasteiger partial charge in [0, 0.05) is 24.3 Å². The first kappa shape index (κ1) is 17.0. The summed E-state index contributed by atoms with van der Waals surface area (Å²) in [6.07, 6.45) is 0. The number of carbonyl (C=O) groups excluding carboxylic acids is 2. The van der Waals surface area contributed by atoms with Crippen LogP contribution in [-0.4, -0.2) is 25.0 Å². The van der Waals surface area contributed by atoms with Gasteiger partial charge in [-0.05, 0) is 50.6 Å². The fourth-order valence-corrected chi connectivity index (χ4v) is 3.13. The van der Waals surface area contributed by atoms with E-state index in [0.717, 1.165) is 11.3 Å². The van der Waals surface area contributed by atoms with Crippen molar-refractivity contribution in [3.05, 3.63) is 64.7 Å². The number of benzene rings is 2. The first-order valence-corrected chi connectivity index (χ1v) is 8.48. The number of anilines is 1. The summed E-state index contributed by atoms with van der Waals surface area (Å²) in [7, 11) is 0. The van der Waals surface area contributed by atoms with Crippen molar-refractivity contribution in [2.75, 3.05) is 18.0 Å². The Hall–Kier alpha value is -2.82. The molecule has 0 bridgehead atoms. The number of nitrogens with zero attached hydrogens (tertiary/aromatic N) is 1. The lowest BCUT2D eigenvalue weighted by molar-refractivity contribution is 0.0940. The third-order valence-electron chi connectivity index (χ3n) is 4.39. The summed E-state index contributed by atoms with van der Waals surface area (Å²) in [5.41, 5.74) is 4.85. The molecule has 0 aromatic heterocycles. The van der Waals surface area contributed by atoms with Crippen molar-refractivity contribution in [2.24, 2.45) is 0 Å². The molecule has 5 heteroatoms. The number of amides is 3. The number of carbonyl (C=O) groups is 2. The molecule has 0 spiro atoms. The topological polar surface area (TPSA) is 61.4 Å². The van der Waals surface area contributed by atoms with Crippen LogP contribution in [0.2, 0.25) is 0 Å². The predicted molar refractivity (Wildman–Crippen MR) is 99.0 cm³/mol. The smallest absolute Gasteiger partial charge is 0.321 e. The molecule has 1 fully saturated rings. The van der Waals surface area contributed by atoms with Gasteiger partial charge < -0.3 is 10.6 Å². The minimum Gasteiger partial charge on any atom is -0.346 e. The van der Waals surface area contributed by atoms with Crippen LogP contribution in [0.15, 0.2) is 42.5 Å². The van der Waals surface area contributed by atoms with E-state index < -0.39 is 0 Å². The maximum atomic E-state index is 12.5. The molecule has 2 aromatic carbocycles. The van der Waals surface area contributed by atoms with E-state index in [1.165, 1.54) is 11.1 Å². The van der Waals surface area contributed by atoms with Crippen molar-refractivity contribution in [3.8, 4) is 0 Å². The van der Waals surface area contributed by atoms with Crippen molar-refractivity contribution in [2.45, 2.75) is 26.8 Å². The fourth-order valence-electron chi connectivity index (χ4n) is 3.13. The maximum Gasteiger partial charge on any atom is 0.321 e. The highest BCUT2D eigenvalue weighted by atomic mass is 16.2. The Labute approximate surface area is 148 Å². The van der Waals surface area contributed by atoms with Crippen LogP contribution in [-0.2, 0) is 0 Å². The van der Waals surface area contributed by atoms with Crippen LogP contribution in [0.4, 0.5) is 10.5 Å². The summed E-state index contributed by atoms with van der Waals surface area (Å²) in [6.45, 7) is 7.38. The Kier molecular flexibility index (Phi) is 4.74. The first-order chi connectivity index (χ1) is 11.9. The van der Waals surface area contributed by atoms with Crippen molar-refractivity contribution >= 4 is 17.6 Å². The third kappa shape index (κ3) is 3.82. The Morgan fingerprint density at radius 3 is 2.32 bits per heavy atom. The van der Waals surface area contributed by atoms with E-state index in [0.29, 0.717) is 18.7 Å². The van der Waals surface area contributed by atoms with Gasteiger partial charge >= 0.3 is 6.03 Å². The zero-order chi connectivity index (χ0) is 18.0. The number of hydrogen-bond acceptors (Lipinski definition) is 2. The highest BCUT2D eigenvalue weighted by Gasteiger charge is 2.21. The summed E-state index contributed by atoms with van der Waals surface area (Å²) in [5.74, 6) is -0.121. The summed E-state index contributed by atoms with van der Waals surface area (Å²) >= 11 is 0. The molecule has 0 aliphatic carbocycles. The van der Waals surface area contributed by atoms with Crippen LogP contribution in [0, 0.1) is 13.8 Å². The van der Waals surface area contributed by atoms with E-state index in [9.17, 15) is 9.59 Å². The molecule has 1 saturated heterocycles. The maximum absolute atomic E-state index is 12.5. The second-order valence-corrected chi connectivity index (χ2v) is 6.55. The van der Waals surface area contributed by atoms with Gasteiger partial charge in [0.1, 0.15) is 0 Å². The number of nitrogens with one attached hydrogen (secondary N) is 2. The number of hydrogen-bond donors (Lipinski definition) is 2. The quantitative estimate of drug-likeness (QED) is 0.899. The van der Waals surface area contributed by atoms with Gasteiger partial charge in [0.05, 0.1) is 6.04 Å². The Morgan fingerprint density at radius 1 is 1.12 bits per heavy atom. The van der Waals surface area contributed by atoms with Crippen molar-refractivity contribution < 1.29 is 9.59 Å². The highest BCUT2D eigenvalue weighted by Crippen LogP contribution is 2.19. The van der Waals surface area contributed by atoms with E-state index >= 15 is 0 Å². The summed E-state index contributed by atoms with van der Waals surface area (Å²) < 4.78 is 0. The molecular weight excluding hydrogens is 314 g/mol. The van der Waals surface area contributed by atoms with Crippen LogP contribution >= 0.6 is 0 Å². The molecular formula is C20H23N3O2. The van der Waals surface area contributed by atoms with Crippen molar-refractivity contribution in [3.63, 3.8) is 0 Å². The summed E-state index contributed by atoms with van der Waals surface area (Å²) in [4.78, 5) is 25.8. The highest BCUT2D eigenvalue weighted by molar-refractivity contribution is 5.97. The Bertz CT molecular complexity index is 779. The molecule has 2 aromatic rings. The van der Waals surface area contributed by atoms with Gasteiger partial charge in [-0.15, -0.1) is 0 Å². The van der Waals surface area contributed by atoms with Crippen LogP contribution in [0.25, 0.3) is 0 Å². The van der Waals surface area contributed by atoms with Gasteiger partial charge in [-0.2, -0.15) is 0 Å². The van der Waals surface area contributed by atoms with Gasteiger partial charge in [-0.25, -0.2) is 4.79 Å². The molecule has 3 amide bonds. The number of rotatable bonds is 4. The Balaban J connectivity index is 1.69. The van der Waals surface area contributed by atoms with Crippen molar-refractivity contribution in [1.29, 1.82) is 0 Å². The zero-order valence-electron chi connectivity index (χ0n) is 14.8. The van der Waals surface area contributed by atoms with Crippen LogP contribution in [0.1, 0.15) is 40.0 Å². The molecule has 1 aliphatic rings. The molecule has 1 heterocycles. The molecule has 2 N–H and O–H groups in total. The number of aryl methyl sites for hydroxylation is 2. The lowest BCUT2D eigenvalue weighted by Crippen LogP contribution is -2.28. The molecule has 0 saturated carbocycles. The van der Waals surface area contributed by atoms with E-state index in [4.69, 9.17) is 0 Å². The standard InChI is InChI=1S/C20H23N3O2/c1-13-10-14(2)12-17(11-13)15(3)22-19(24)16-4-6-18(7-5-16)23-9-8-21-20(23)25/h4-7,10-12,15H,8-9H2,1-3H3,(H,21,25)(H,22,24). The third-order valence-corrected chi connectivity index (χ3v) is 4.39. The second-order valence-electron chi connectivity index (χ2n) is 6.55. The average Bonchev–Trinajstić information content (AvgIpc) is 3.00. The molecule has 130 valence electrons. The summed E-state index contributed by atoms with van der Waals surface area (Å²) in [6, 6.07) is 13.2. The minimum atomic E-state index is -0.121. The molecule has 3 rings (SSSR count). The molecule has 1 aliphatic heterocycles. The predicted octanol–water partition coefficient (Wildman–Crippen LogP) is 3.32. The van der Waals surface area contributed by atoms with Crippen LogP contribution in [0.3, 0.4) is 0 Å². The van der Waals surface area contributed by atoms with Gasteiger partial charge in [-0.3, -0.25) is 9.69 Å². The summed E-state index contributed by atoms with van der Waals surface area (Å²) in [5, 5.41) is 5.80. The fraction of sp³-hybridized carbons (Fsp3) is 0.300. The van der Waals surface area contributed by atoms with Gasteiger partial charge in [0.15, 0.2) is 0 Å². The Morgan fingerprint density at radius 2 is 1.76 bits per heavy atom.